The Bertz CT molecular complexity index is 286. The van der Waals surface area contributed by atoms with Gasteiger partial charge in [0.15, 0.2) is 0 Å². The molecule has 0 saturated carbocycles. The van der Waals surface area contributed by atoms with Gasteiger partial charge >= 0.3 is 0 Å². The number of likely N-dealkylation sites (tertiary alicyclic amines) is 1. The summed E-state index contributed by atoms with van der Waals surface area (Å²) in [5, 5.41) is 7.20. The molecular weight excluding hydrogens is 176 g/mol. The number of rotatable bonds is 2. The van der Waals surface area contributed by atoms with Crippen molar-refractivity contribution in [3.63, 3.8) is 0 Å². The zero-order valence-electron chi connectivity index (χ0n) is 8.66. The van der Waals surface area contributed by atoms with Crippen LogP contribution in [0.15, 0.2) is 6.07 Å². The van der Waals surface area contributed by atoms with Gasteiger partial charge in [0.05, 0.1) is 5.69 Å². The summed E-state index contributed by atoms with van der Waals surface area (Å²) in [5.41, 5.74) is 8.12. The minimum absolute atomic E-state index is 0.409. The molecule has 0 bridgehead atoms. The van der Waals surface area contributed by atoms with Crippen molar-refractivity contribution in [2.24, 2.45) is 5.73 Å². The van der Waals surface area contributed by atoms with Crippen LogP contribution in [0.4, 0.5) is 0 Å². The van der Waals surface area contributed by atoms with Crippen molar-refractivity contribution in [3.05, 3.63) is 17.5 Å². The van der Waals surface area contributed by atoms with E-state index in [1.54, 1.807) is 0 Å². The summed E-state index contributed by atoms with van der Waals surface area (Å²) >= 11 is 0. The van der Waals surface area contributed by atoms with Gasteiger partial charge in [-0.2, -0.15) is 5.10 Å². The highest BCUT2D eigenvalue weighted by atomic mass is 15.2. The molecule has 0 aromatic carbocycles. The zero-order chi connectivity index (χ0) is 9.97. The van der Waals surface area contributed by atoms with E-state index in [0.717, 1.165) is 43.9 Å². The number of hydrogen-bond acceptors (Lipinski definition) is 3. The van der Waals surface area contributed by atoms with Crippen molar-refractivity contribution in [2.45, 2.75) is 32.4 Å². The van der Waals surface area contributed by atoms with Crippen molar-refractivity contribution < 1.29 is 0 Å². The van der Waals surface area contributed by atoms with Gasteiger partial charge < -0.3 is 5.73 Å². The zero-order valence-corrected chi connectivity index (χ0v) is 8.66. The Morgan fingerprint density at radius 2 is 2.29 bits per heavy atom. The number of hydrogen-bond donors (Lipinski definition) is 2. The molecule has 1 fully saturated rings. The first-order valence-corrected chi connectivity index (χ1v) is 5.23. The second kappa shape index (κ2) is 4.11. The molecule has 3 N–H and O–H groups in total. The quantitative estimate of drug-likeness (QED) is 0.726. The molecule has 1 saturated heterocycles. The van der Waals surface area contributed by atoms with Gasteiger partial charge in [0.25, 0.3) is 0 Å². The lowest BCUT2D eigenvalue weighted by Gasteiger charge is -2.29. The third-order valence-electron chi connectivity index (χ3n) is 2.78. The molecule has 0 aliphatic carbocycles. The van der Waals surface area contributed by atoms with Crippen LogP contribution in [0.1, 0.15) is 24.2 Å². The molecule has 0 spiro atoms. The molecule has 0 atom stereocenters. The first-order valence-electron chi connectivity index (χ1n) is 5.23. The van der Waals surface area contributed by atoms with E-state index in [4.69, 9.17) is 5.73 Å². The molecule has 4 nitrogen and oxygen atoms in total. The van der Waals surface area contributed by atoms with Crippen LogP contribution in [0.5, 0.6) is 0 Å². The summed E-state index contributed by atoms with van der Waals surface area (Å²) in [5.74, 6) is 0. The molecule has 0 amide bonds. The fourth-order valence-corrected chi connectivity index (χ4v) is 1.90. The summed E-state index contributed by atoms with van der Waals surface area (Å²) < 4.78 is 0. The molecule has 1 aromatic rings. The highest BCUT2D eigenvalue weighted by Crippen LogP contribution is 2.11. The molecule has 0 unspecified atom stereocenters. The summed E-state index contributed by atoms with van der Waals surface area (Å²) in [6.07, 6.45) is 2.23. The van der Waals surface area contributed by atoms with Gasteiger partial charge in [-0.3, -0.25) is 10.00 Å². The van der Waals surface area contributed by atoms with Crippen molar-refractivity contribution in [1.29, 1.82) is 0 Å². The van der Waals surface area contributed by atoms with E-state index >= 15 is 0 Å². The van der Waals surface area contributed by atoms with Gasteiger partial charge in [-0.25, -0.2) is 0 Å². The first kappa shape index (κ1) is 9.68. The van der Waals surface area contributed by atoms with E-state index in [-0.39, 0.29) is 0 Å². The van der Waals surface area contributed by atoms with E-state index < -0.39 is 0 Å². The Kier molecular flexibility index (Phi) is 2.84. The second-order valence-corrected chi connectivity index (χ2v) is 4.16. The number of piperidine rings is 1. The number of aromatic amines is 1. The van der Waals surface area contributed by atoms with E-state index in [1.165, 1.54) is 0 Å². The Hall–Kier alpha value is -0.870. The molecule has 78 valence electrons. The van der Waals surface area contributed by atoms with Crippen molar-refractivity contribution in [1.82, 2.24) is 15.1 Å². The Morgan fingerprint density at radius 3 is 2.86 bits per heavy atom. The number of H-pyrrole nitrogens is 1. The largest absolute Gasteiger partial charge is 0.328 e. The predicted molar refractivity (Wildman–Crippen MR) is 55.8 cm³/mol. The highest BCUT2D eigenvalue weighted by Gasteiger charge is 2.16. The lowest BCUT2D eigenvalue weighted by molar-refractivity contribution is 0.203. The number of nitrogens with two attached hydrogens (primary N) is 1. The van der Waals surface area contributed by atoms with Crippen LogP contribution in [0.2, 0.25) is 0 Å². The SMILES string of the molecule is Cc1cc(CN2CCC(N)CC2)n[nH]1. The summed E-state index contributed by atoms with van der Waals surface area (Å²) in [6.45, 7) is 5.19. The monoisotopic (exact) mass is 194 g/mol. The number of aryl methyl sites for hydroxylation is 1. The number of aromatic nitrogens is 2. The lowest BCUT2D eigenvalue weighted by Crippen LogP contribution is -2.39. The number of nitrogens with zero attached hydrogens (tertiary/aromatic N) is 2. The van der Waals surface area contributed by atoms with Crippen molar-refractivity contribution in [2.75, 3.05) is 13.1 Å². The second-order valence-electron chi connectivity index (χ2n) is 4.16. The Morgan fingerprint density at radius 1 is 1.57 bits per heavy atom. The van der Waals surface area contributed by atoms with Gasteiger partial charge in [-0.15, -0.1) is 0 Å². The smallest absolute Gasteiger partial charge is 0.0765 e. The van der Waals surface area contributed by atoms with Crippen LogP contribution in [-0.4, -0.2) is 34.2 Å². The van der Waals surface area contributed by atoms with E-state index in [2.05, 4.69) is 21.2 Å². The first-order chi connectivity index (χ1) is 6.74. The van der Waals surface area contributed by atoms with Crippen LogP contribution >= 0.6 is 0 Å². The third kappa shape index (κ3) is 2.33. The molecule has 2 rings (SSSR count). The van der Waals surface area contributed by atoms with Gasteiger partial charge in [-0.05, 0) is 25.8 Å². The maximum absolute atomic E-state index is 5.85. The average molecular weight is 194 g/mol. The molecule has 14 heavy (non-hydrogen) atoms. The third-order valence-corrected chi connectivity index (χ3v) is 2.78. The molecule has 4 heteroatoms. The topological polar surface area (TPSA) is 57.9 Å². The Balaban J connectivity index is 1.86. The molecule has 2 heterocycles. The van der Waals surface area contributed by atoms with E-state index in [9.17, 15) is 0 Å². The van der Waals surface area contributed by atoms with Crippen LogP contribution in [0.25, 0.3) is 0 Å². The van der Waals surface area contributed by atoms with Crippen molar-refractivity contribution in [3.8, 4) is 0 Å². The minimum atomic E-state index is 0.409. The fraction of sp³-hybridized carbons (Fsp3) is 0.700. The summed E-state index contributed by atoms with van der Waals surface area (Å²) in [4.78, 5) is 2.42. The maximum atomic E-state index is 5.85. The molecule has 1 aliphatic heterocycles. The lowest BCUT2D eigenvalue weighted by atomic mass is 10.1. The number of nitrogens with one attached hydrogen (secondary N) is 1. The average Bonchev–Trinajstić information content (AvgIpc) is 2.56. The molecule has 1 aliphatic rings. The van der Waals surface area contributed by atoms with Crippen LogP contribution in [-0.2, 0) is 6.54 Å². The fourth-order valence-electron chi connectivity index (χ4n) is 1.90. The minimum Gasteiger partial charge on any atom is -0.328 e. The summed E-state index contributed by atoms with van der Waals surface area (Å²) in [7, 11) is 0. The van der Waals surface area contributed by atoms with Gasteiger partial charge in [0.2, 0.25) is 0 Å². The summed E-state index contributed by atoms with van der Waals surface area (Å²) in [6, 6.07) is 2.52. The van der Waals surface area contributed by atoms with Gasteiger partial charge in [0, 0.05) is 31.4 Å². The van der Waals surface area contributed by atoms with Crippen LogP contribution in [0.3, 0.4) is 0 Å². The van der Waals surface area contributed by atoms with Gasteiger partial charge in [0.1, 0.15) is 0 Å². The highest BCUT2D eigenvalue weighted by molar-refractivity contribution is 5.06. The van der Waals surface area contributed by atoms with Crippen LogP contribution in [0, 0.1) is 6.92 Å². The van der Waals surface area contributed by atoms with Gasteiger partial charge in [-0.1, -0.05) is 0 Å². The maximum Gasteiger partial charge on any atom is 0.0765 e. The van der Waals surface area contributed by atoms with E-state index in [1.807, 2.05) is 6.92 Å². The molecule has 0 radical (unpaired) electrons. The predicted octanol–water partition coefficient (Wildman–Crippen LogP) is 0.641. The molecule has 1 aromatic heterocycles. The normalized spacial score (nSPS) is 20.1. The molecular formula is C10H18N4. The van der Waals surface area contributed by atoms with Crippen molar-refractivity contribution >= 4 is 0 Å². The van der Waals surface area contributed by atoms with E-state index in [0.29, 0.717) is 6.04 Å². The Labute approximate surface area is 84.5 Å². The van der Waals surface area contributed by atoms with Crippen LogP contribution < -0.4 is 5.73 Å². The standard InChI is InChI=1S/C10H18N4/c1-8-6-10(13-12-8)7-14-4-2-9(11)3-5-14/h6,9H,2-5,7,11H2,1H3,(H,12,13).